The zero-order valence-corrected chi connectivity index (χ0v) is 14.5. The molecule has 2 aromatic heterocycles. The van der Waals surface area contributed by atoms with E-state index in [1.807, 2.05) is 56.3 Å². The molecule has 26 heavy (non-hydrogen) atoms. The van der Waals surface area contributed by atoms with E-state index in [2.05, 4.69) is 15.1 Å². The Hall–Kier alpha value is -3.41. The van der Waals surface area contributed by atoms with Crippen LogP contribution in [0.4, 0.5) is 5.69 Å². The maximum atomic E-state index is 6.08. The molecule has 2 aromatic carbocycles. The Morgan fingerprint density at radius 3 is 2.73 bits per heavy atom. The Kier molecular flexibility index (Phi) is 4.01. The summed E-state index contributed by atoms with van der Waals surface area (Å²) in [7, 11) is 0. The third kappa shape index (κ3) is 2.97. The molecule has 0 unspecified atom stereocenters. The number of para-hydroxylation sites is 1. The van der Waals surface area contributed by atoms with Gasteiger partial charge in [0.2, 0.25) is 5.82 Å². The molecule has 4 aromatic rings. The van der Waals surface area contributed by atoms with Gasteiger partial charge in [-0.3, -0.25) is 4.98 Å². The van der Waals surface area contributed by atoms with Gasteiger partial charge in [-0.25, -0.2) is 0 Å². The van der Waals surface area contributed by atoms with E-state index in [0.29, 0.717) is 23.2 Å². The van der Waals surface area contributed by atoms with Crippen molar-refractivity contribution in [3.8, 4) is 28.6 Å². The first kappa shape index (κ1) is 16.1. The first-order valence-electron chi connectivity index (χ1n) is 8.36. The van der Waals surface area contributed by atoms with Crippen molar-refractivity contribution in [1.29, 1.82) is 0 Å². The number of aromatic nitrogens is 3. The van der Waals surface area contributed by atoms with Crippen LogP contribution in [-0.2, 0) is 0 Å². The molecule has 0 saturated carbocycles. The van der Waals surface area contributed by atoms with Crippen LogP contribution in [0.15, 0.2) is 59.3 Å². The lowest BCUT2D eigenvalue weighted by atomic mass is 10.1. The van der Waals surface area contributed by atoms with Crippen LogP contribution in [0.2, 0.25) is 0 Å². The minimum atomic E-state index is 0.0555. The highest BCUT2D eigenvalue weighted by molar-refractivity contribution is 5.92. The number of anilines is 1. The van der Waals surface area contributed by atoms with E-state index in [4.69, 9.17) is 15.0 Å². The number of hydrogen-bond donors (Lipinski definition) is 1. The van der Waals surface area contributed by atoms with Crippen LogP contribution in [0.5, 0.6) is 5.75 Å². The topological polar surface area (TPSA) is 87.1 Å². The summed E-state index contributed by atoms with van der Waals surface area (Å²) in [5, 5.41) is 5.06. The Labute approximate surface area is 150 Å². The normalized spacial score (nSPS) is 11.2. The predicted octanol–water partition coefficient (Wildman–Crippen LogP) is 4.32. The summed E-state index contributed by atoms with van der Waals surface area (Å²) in [5.41, 5.74) is 9.12. The van der Waals surface area contributed by atoms with Crippen molar-refractivity contribution in [1.82, 2.24) is 15.1 Å². The van der Waals surface area contributed by atoms with Crippen LogP contribution in [0.25, 0.3) is 33.7 Å². The van der Waals surface area contributed by atoms with Crippen molar-refractivity contribution in [2.75, 3.05) is 5.73 Å². The standard InChI is InChI=1S/C20H18N4O2/c1-12(2)25-18-8-7-13(11-16(18)21)19-23-20(26-24-19)15-9-10-22-17-6-4-3-5-14(15)17/h3-12H,21H2,1-2H3. The van der Waals surface area contributed by atoms with Gasteiger partial charge in [-0.15, -0.1) is 0 Å². The number of nitrogen functional groups attached to an aromatic ring is 1. The van der Waals surface area contributed by atoms with Gasteiger partial charge in [-0.1, -0.05) is 23.4 Å². The average molecular weight is 346 g/mol. The number of rotatable bonds is 4. The molecule has 4 rings (SSSR count). The highest BCUT2D eigenvalue weighted by Gasteiger charge is 2.14. The zero-order chi connectivity index (χ0) is 18.1. The second-order valence-electron chi connectivity index (χ2n) is 6.22. The van der Waals surface area contributed by atoms with Crippen molar-refractivity contribution in [2.24, 2.45) is 0 Å². The van der Waals surface area contributed by atoms with Crippen molar-refractivity contribution in [2.45, 2.75) is 20.0 Å². The fraction of sp³-hybridized carbons (Fsp3) is 0.150. The quantitative estimate of drug-likeness (QED) is 0.554. The SMILES string of the molecule is CC(C)Oc1ccc(-c2noc(-c3ccnc4ccccc34)n2)cc1N. The molecule has 2 N–H and O–H groups in total. The van der Waals surface area contributed by atoms with Gasteiger partial charge < -0.3 is 15.0 Å². The number of pyridine rings is 1. The third-order valence-electron chi connectivity index (χ3n) is 3.94. The smallest absolute Gasteiger partial charge is 0.258 e. The summed E-state index contributed by atoms with van der Waals surface area (Å²) in [6.07, 6.45) is 1.79. The van der Waals surface area contributed by atoms with Gasteiger partial charge in [0.25, 0.3) is 5.89 Å². The molecule has 6 nitrogen and oxygen atoms in total. The molecule has 0 aliphatic heterocycles. The molecule has 0 bridgehead atoms. The van der Waals surface area contributed by atoms with Gasteiger partial charge in [0.05, 0.1) is 22.9 Å². The average Bonchev–Trinajstić information content (AvgIpc) is 3.12. The van der Waals surface area contributed by atoms with Crippen LogP contribution < -0.4 is 10.5 Å². The van der Waals surface area contributed by atoms with Crippen molar-refractivity contribution >= 4 is 16.6 Å². The van der Waals surface area contributed by atoms with Gasteiger partial charge in [0.15, 0.2) is 0 Å². The number of ether oxygens (including phenoxy) is 1. The van der Waals surface area contributed by atoms with Crippen molar-refractivity contribution < 1.29 is 9.26 Å². The van der Waals surface area contributed by atoms with Crippen molar-refractivity contribution in [3.05, 3.63) is 54.7 Å². The third-order valence-corrected chi connectivity index (χ3v) is 3.94. The van der Waals surface area contributed by atoms with Gasteiger partial charge in [0.1, 0.15) is 5.75 Å². The second-order valence-corrected chi connectivity index (χ2v) is 6.22. The van der Waals surface area contributed by atoms with E-state index in [1.165, 1.54) is 0 Å². The van der Waals surface area contributed by atoms with E-state index in [0.717, 1.165) is 22.0 Å². The first-order valence-corrected chi connectivity index (χ1v) is 8.36. The van der Waals surface area contributed by atoms with E-state index in [-0.39, 0.29) is 6.10 Å². The molecule has 0 aliphatic rings. The molecular weight excluding hydrogens is 328 g/mol. The van der Waals surface area contributed by atoms with Crippen LogP contribution in [0, 0.1) is 0 Å². The number of hydrogen-bond acceptors (Lipinski definition) is 6. The van der Waals surface area contributed by atoms with Crippen LogP contribution in [0.1, 0.15) is 13.8 Å². The second kappa shape index (κ2) is 6.48. The Bertz CT molecular complexity index is 1070. The zero-order valence-electron chi connectivity index (χ0n) is 14.5. The summed E-state index contributed by atoms with van der Waals surface area (Å²) in [6, 6.07) is 15.2. The van der Waals surface area contributed by atoms with Crippen molar-refractivity contribution in [3.63, 3.8) is 0 Å². The Morgan fingerprint density at radius 1 is 1.08 bits per heavy atom. The molecule has 6 heteroatoms. The summed E-state index contributed by atoms with van der Waals surface area (Å²) in [5.74, 6) is 1.57. The van der Waals surface area contributed by atoms with E-state index in [9.17, 15) is 0 Å². The molecule has 2 heterocycles. The Balaban J connectivity index is 1.71. The van der Waals surface area contributed by atoms with Gasteiger partial charge in [0, 0.05) is 17.1 Å². The molecule has 0 spiro atoms. The summed E-state index contributed by atoms with van der Waals surface area (Å²) >= 11 is 0. The minimum absolute atomic E-state index is 0.0555. The lowest BCUT2D eigenvalue weighted by molar-refractivity contribution is 0.244. The Morgan fingerprint density at radius 2 is 1.92 bits per heavy atom. The highest BCUT2D eigenvalue weighted by Crippen LogP contribution is 2.31. The molecule has 0 aliphatic carbocycles. The van der Waals surface area contributed by atoms with Gasteiger partial charge >= 0.3 is 0 Å². The number of benzene rings is 2. The van der Waals surface area contributed by atoms with Crippen LogP contribution >= 0.6 is 0 Å². The van der Waals surface area contributed by atoms with E-state index >= 15 is 0 Å². The summed E-state index contributed by atoms with van der Waals surface area (Å²) in [6.45, 7) is 3.91. The molecule has 0 saturated heterocycles. The molecule has 0 radical (unpaired) electrons. The predicted molar refractivity (Wildman–Crippen MR) is 101 cm³/mol. The minimum Gasteiger partial charge on any atom is -0.489 e. The molecule has 0 atom stereocenters. The molecule has 130 valence electrons. The summed E-state index contributed by atoms with van der Waals surface area (Å²) in [4.78, 5) is 8.89. The van der Waals surface area contributed by atoms with Crippen LogP contribution in [0.3, 0.4) is 0 Å². The number of nitrogens with zero attached hydrogens (tertiary/aromatic N) is 3. The number of nitrogens with two attached hydrogens (primary N) is 1. The lowest BCUT2D eigenvalue weighted by Gasteiger charge is -2.12. The highest BCUT2D eigenvalue weighted by atomic mass is 16.5. The van der Waals surface area contributed by atoms with E-state index < -0.39 is 0 Å². The van der Waals surface area contributed by atoms with E-state index in [1.54, 1.807) is 12.3 Å². The van der Waals surface area contributed by atoms with Gasteiger partial charge in [-0.2, -0.15) is 4.98 Å². The first-order chi connectivity index (χ1) is 12.6. The molecule has 0 amide bonds. The molecule has 0 fully saturated rings. The maximum absolute atomic E-state index is 6.08. The monoisotopic (exact) mass is 346 g/mol. The lowest BCUT2D eigenvalue weighted by Crippen LogP contribution is -2.07. The molecular formula is C20H18N4O2. The largest absolute Gasteiger partial charge is 0.489 e. The summed E-state index contributed by atoms with van der Waals surface area (Å²) < 4.78 is 11.1. The maximum Gasteiger partial charge on any atom is 0.258 e. The van der Waals surface area contributed by atoms with Crippen LogP contribution in [-0.4, -0.2) is 21.2 Å². The fourth-order valence-electron chi connectivity index (χ4n) is 2.78. The van der Waals surface area contributed by atoms with Gasteiger partial charge in [-0.05, 0) is 44.2 Å². The fourth-order valence-corrected chi connectivity index (χ4v) is 2.78. The number of fused-ring (bicyclic) bond motifs is 1.